The molecule has 0 atom stereocenters. The number of carbonyl (C=O) groups excluding carboxylic acids is 1. The third-order valence-corrected chi connectivity index (χ3v) is 1.43. The average Bonchev–Trinajstić information content (AvgIpc) is 2.18. The Morgan fingerprint density at radius 1 is 1.64 bits per heavy atom. The smallest absolute Gasteiger partial charge is 0.368 e. The van der Waals surface area contributed by atoms with Crippen LogP contribution in [0.4, 0.5) is 0 Å². The lowest BCUT2D eigenvalue weighted by molar-refractivity contribution is -0.462. The van der Waals surface area contributed by atoms with Crippen LogP contribution in [0, 0.1) is 6.79 Å². The molecule has 0 saturated heterocycles. The molecule has 0 N–H and O–H groups in total. The fourth-order valence-electron chi connectivity index (χ4n) is 0.825. The quantitative estimate of drug-likeness (QED) is 0.220. The number of esters is 1. The predicted molar refractivity (Wildman–Crippen MR) is 51.1 cm³/mol. The summed E-state index contributed by atoms with van der Waals surface area (Å²) in [7, 11) is 0. The van der Waals surface area contributed by atoms with Crippen molar-refractivity contribution in [1.29, 1.82) is 0 Å². The van der Waals surface area contributed by atoms with Crippen LogP contribution in [0.25, 0.3) is 0 Å². The highest BCUT2D eigenvalue weighted by Gasteiger charge is 2.07. The van der Waals surface area contributed by atoms with Gasteiger partial charge in [-0.05, 0) is 6.92 Å². The topological polar surface area (TPSA) is 39.0 Å². The van der Waals surface area contributed by atoms with Crippen LogP contribution in [0.3, 0.4) is 0 Å². The summed E-state index contributed by atoms with van der Waals surface area (Å²) in [6, 6.07) is 0. The molecule has 0 bridgehead atoms. The summed E-state index contributed by atoms with van der Waals surface area (Å²) in [5.41, 5.74) is 0. The summed E-state index contributed by atoms with van der Waals surface area (Å²) in [6.07, 6.45) is 3.36. The van der Waals surface area contributed by atoms with Crippen LogP contribution < -0.4 is 0 Å². The molecule has 0 saturated carbocycles. The second kappa shape index (κ2) is 6.10. The molecule has 1 aliphatic rings. The van der Waals surface area contributed by atoms with E-state index in [0.29, 0.717) is 25.8 Å². The molecule has 14 heavy (non-hydrogen) atoms. The van der Waals surface area contributed by atoms with E-state index in [1.54, 1.807) is 12.2 Å². The van der Waals surface area contributed by atoms with Gasteiger partial charge in [-0.1, -0.05) is 6.08 Å². The van der Waals surface area contributed by atoms with Crippen molar-refractivity contribution in [3.63, 3.8) is 0 Å². The molecule has 1 heterocycles. The Kier molecular flexibility index (Phi) is 4.64. The molecule has 0 aromatic rings. The average molecular weight is 198 g/mol. The summed E-state index contributed by atoms with van der Waals surface area (Å²) in [6.45, 7) is 8.06. The van der Waals surface area contributed by atoms with Crippen LogP contribution in [0.15, 0.2) is 24.5 Å². The van der Waals surface area contributed by atoms with Gasteiger partial charge in [-0.25, -0.2) is 0 Å². The number of ether oxygens (including phenoxy) is 3. The zero-order valence-corrected chi connectivity index (χ0v) is 8.19. The Morgan fingerprint density at radius 2 is 2.50 bits per heavy atom. The first-order chi connectivity index (χ1) is 6.83. The SMILES string of the molecule is C=CCOCCOC1=[O+][CH-]OC(C)=C1. The minimum atomic E-state index is 0.427. The molecule has 0 amide bonds. The molecule has 0 spiro atoms. The van der Waals surface area contributed by atoms with Gasteiger partial charge in [0.25, 0.3) is 0 Å². The highest BCUT2D eigenvalue weighted by atomic mass is 16.7. The normalized spacial score (nSPS) is 14.6. The summed E-state index contributed by atoms with van der Waals surface area (Å²) < 4.78 is 20.2. The maximum atomic E-state index is 5.25. The van der Waals surface area contributed by atoms with Gasteiger partial charge in [0.15, 0.2) is 6.61 Å². The summed E-state index contributed by atoms with van der Waals surface area (Å²) in [5, 5.41) is 0. The summed E-state index contributed by atoms with van der Waals surface area (Å²) >= 11 is 0. The zero-order chi connectivity index (χ0) is 10.2. The minimum absolute atomic E-state index is 0.427. The van der Waals surface area contributed by atoms with Crippen molar-refractivity contribution in [1.82, 2.24) is 0 Å². The van der Waals surface area contributed by atoms with Crippen LogP contribution in [0.1, 0.15) is 6.92 Å². The number of hydrogen-bond donors (Lipinski definition) is 0. The van der Waals surface area contributed by atoms with E-state index >= 15 is 0 Å². The Morgan fingerprint density at radius 3 is 3.21 bits per heavy atom. The van der Waals surface area contributed by atoms with Crippen LogP contribution >= 0.6 is 0 Å². The van der Waals surface area contributed by atoms with Gasteiger partial charge < -0.3 is 18.6 Å². The largest absolute Gasteiger partial charge is 0.503 e. The fraction of sp³-hybridized carbons (Fsp3) is 0.400. The van der Waals surface area contributed by atoms with E-state index in [1.165, 1.54) is 6.79 Å². The van der Waals surface area contributed by atoms with Crippen molar-refractivity contribution in [2.75, 3.05) is 19.8 Å². The van der Waals surface area contributed by atoms with Crippen LogP contribution in [0.5, 0.6) is 0 Å². The van der Waals surface area contributed by atoms with Crippen molar-refractivity contribution >= 4 is 5.97 Å². The highest BCUT2D eigenvalue weighted by Crippen LogP contribution is 2.03. The van der Waals surface area contributed by atoms with Gasteiger partial charge in [0.1, 0.15) is 6.61 Å². The van der Waals surface area contributed by atoms with E-state index in [0.717, 1.165) is 5.76 Å². The van der Waals surface area contributed by atoms with Gasteiger partial charge in [0.2, 0.25) is 6.79 Å². The zero-order valence-electron chi connectivity index (χ0n) is 8.19. The lowest BCUT2D eigenvalue weighted by atomic mass is 10.5. The van der Waals surface area contributed by atoms with Gasteiger partial charge >= 0.3 is 5.97 Å². The Labute approximate surface area is 83.5 Å². The number of hydrogen-bond acceptors (Lipinski definition) is 3. The first-order valence-corrected chi connectivity index (χ1v) is 4.34. The molecule has 78 valence electrons. The van der Waals surface area contributed by atoms with E-state index in [4.69, 9.17) is 18.6 Å². The van der Waals surface area contributed by atoms with Crippen molar-refractivity contribution < 1.29 is 18.6 Å². The minimum Gasteiger partial charge on any atom is -0.503 e. The molecule has 0 radical (unpaired) electrons. The molecular formula is C10H14O4. The molecular weight excluding hydrogens is 184 g/mol. The Bertz CT molecular complexity index is 243. The monoisotopic (exact) mass is 198 g/mol. The maximum absolute atomic E-state index is 5.25. The molecule has 0 unspecified atom stereocenters. The lowest BCUT2D eigenvalue weighted by Gasteiger charge is -2.11. The lowest BCUT2D eigenvalue weighted by Crippen LogP contribution is -2.14. The highest BCUT2D eigenvalue weighted by molar-refractivity contribution is 5.83. The Hall–Kier alpha value is -1.42. The van der Waals surface area contributed by atoms with Crippen LogP contribution in [-0.2, 0) is 18.6 Å². The molecule has 0 fully saturated rings. The maximum Gasteiger partial charge on any atom is 0.368 e. The van der Waals surface area contributed by atoms with Gasteiger partial charge in [0, 0.05) is 6.08 Å². The van der Waals surface area contributed by atoms with E-state index in [2.05, 4.69) is 6.58 Å². The third kappa shape index (κ3) is 4.00. The van der Waals surface area contributed by atoms with Crippen LogP contribution in [-0.4, -0.2) is 25.8 Å². The first kappa shape index (κ1) is 10.7. The van der Waals surface area contributed by atoms with Crippen molar-refractivity contribution in [2.45, 2.75) is 6.92 Å². The number of rotatable bonds is 5. The van der Waals surface area contributed by atoms with Gasteiger partial charge in [-0.2, -0.15) is 0 Å². The van der Waals surface area contributed by atoms with Crippen molar-refractivity contribution in [2.24, 2.45) is 0 Å². The van der Waals surface area contributed by atoms with E-state index < -0.39 is 0 Å². The standard InChI is InChI=1S/C10H14O4/c1-3-4-11-5-6-12-10-7-9(2)13-8-14-10/h3,7-8H,1,4-6H2,2H3. The van der Waals surface area contributed by atoms with E-state index in [9.17, 15) is 0 Å². The third-order valence-electron chi connectivity index (χ3n) is 1.43. The predicted octanol–water partition coefficient (Wildman–Crippen LogP) is 1.32. The summed E-state index contributed by atoms with van der Waals surface area (Å²) in [5.74, 6) is 1.16. The summed E-state index contributed by atoms with van der Waals surface area (Å²) in [4.78, 5) is 0. The van der Waals surface area contributed by atoms with Gasteiger partial charge in [0.05, 0.1) is 12.4 Å². The molecule has 1 aliphatic heterocycles. The van der Waals surface area contributed by atoms with Crippen molar-refractivity contribution in [3.05, 3.63) is 31.3 Å². The molecule has 0 aromatic heterocycles. The fourth-order valence-corrected chi connectivity index (χ4v) is 0.825. The van der Waals surface area contributed by atoms with Crippen molar-refractivity contribution in [3.8, 4) is 0 Å². The van der Waals surface area contributed by atoms with Gasteiger partial charge in [-0.3, -0.25) is 0 Å². The molecule has 0 aromatic carbocycles. The molecule has 1 rings (SSSR count). The van der Waals surface area contributed by atoms with E-state index in [1.807, 2.05) is 6.92 Å². The second-order valence-corrected chi connectivity index (χ2v) is 2.62. The first-order valence-electron chi connectivity index (χ1n) is 4.34. The second-order valence-electron chi connectivity index (χ2n) is 2.62. The molecule has 4 heteroatoms. The van der Waals surface area contributed by atoms with Gasteiger partial charge in [-0.15, -0.1) is 6.58 Å². The number of allylic oxidation sites excluding steroid dienone is 1. The Balaban J connectivity index is 2.12. The van der Waals surface area contributed by atoms with Crippen LogP contribution in [0.2, 0.25) is 0 Å². The molecule has 0 aliphatic carbocycles. The molecule has 4 nitrogen and oxygen atoms in total. The van der Waals surface area contributed by atoms with E-state index in [-0.39, 0.29) is 0 Å².